The van der Waals surface area contributed by atoms with Crippen LogP contribution in [0.15, 0.2) is 66.1 Å². The van der Waals surface area contributed by atoms with Gasteiger partial charge in [-0.05, 0) is 17.2 Å². The molecule has 0 aliphatic carbocycles. The predicted molar refractivity (Wildman–Crippen MR) is 75.6 cm³/mol. The van der Waals surface area contributed by atoms with Crippen molar-refractivity contribution in [2.75, 3.05) is 0 Å². The predicted octanol–water partition coefficient (Wildman–Crippen LogP) is 3.71. The highest BCUT2D eigenvalue weighted by Gasteiger charge is 2.34. The van der Waals surface area contributed by atoms with Crippen LogP contribution >= 0.6 is 11.8 Å². The number of hydrogen-bond acceptors (Lipinski definition) is 2. The Morgan fingerprint density at radius 1 is 1.06 bits per heavy atom. The molecule has 18 heavy (non-hydrogen) atoms. The first-order chi connectivity index (χ1) is 8.75. The first-order valence-corrected chi connectivity index (χ1v) is 6.91. The maximum Gasteiger partial charge on any atom is 0.134 e. The molecule has 1 atom stereocenters. The van der Waals surface area contributed by atoms with Crippen molar-refractivity contribution in [2.45, 2.75) is 16.2 Å². The summed E-state index contributed by atoms with van der Waals surface area (Å²) in [5, 5.41) is 11.0. The molecule has 0 saturated heterocycles. The van der Waals surface area contributed by atoms with E-state index in [2.05, 4.69) is 18.7 Å². The van der Waals surface area contributed by atoms with Crippen LogP contribution in [0.4, 0.5) is 0 Å². The summed E-state index contributed by atoms with van der Waals surface area (Å²) < 4.78 is 0. The maximum absolute atomic E-state index is 11.0. The van der Waals surface area contributed by atoms with Crippen LogP contribution in [0.5, 0.6) is 0 Å². The van der Waals surface area contributed by atoms with Crippen LogP contribution in [-0.2, 0) is 11.4 Å². The zero-order valence-electron chi connectivity index (χ0n) is 9.97. The molecule has 2 heteroatoms. The molecule has 3 rings (SSSR count). The summed E-state index contributed by atoms with van der Waals surface area (Å²) in [6, 6.07) is 16.0. The number of rotatable bonds is 1. The summed E-state index contributed by atoms with van der Waals surface area (Å²) >= 11 is 1.76. The van der Waals surface area contributed by atoms with Gasteiger partial charge >= 0.3 is 0 Å². The fourth-order valence-corrected chi connectivity index (χ4v) is 3.56. The average molecular weight is 254 g/mol. The lowest BCUT2D eigenvalue weighted by Crippen LogP contribution is -2.25. The van der Waals surface area contributed by atoms with Gasteiger partial charge in [0.25, 0.3) is 0 Å². The molecule has 0 fully saturated rings. The van der Waals surface area contributed by atoms with Gasteiger partial charge in [0.1, 0.15) is 5.60 Å². The number of thioether (sulfide) groups is 1. The standard InChI is InChI=1S/C16H14OS/c1-2-16(17)13-8-4-3-7-12(13)11-18-15-10-6-5-9-14(15)16/h2-10,17H,1,11H2. The third-order valence-corrected chi connectivity index (χ3v) is 4.53. The molecular formula is C16H14OS. The van der Waals surface area contributed by atoms with E-state index in [1.807, 2.05) is 36.4 Å². The van der Waals surface area contributed by atoms with Gasteiger partial charge in [-0.3, -0.25) is 0 Å². The van der Waals surface area contributed by atoms with Gasteiger partial charge in [0.2, 0.25) is 0 Å². The maximum atomic E-state index is 11.0. The molecule has 90 valence electrons. The molecule has 1 unspecified atom stereocenters. The summed E-state index contributed by atoms with van der Waals surface area (Å²) in [5.74, 6) is 0.878. The summed E-state index contributed by atoms with van der Waals surface area (Å²) in [7, 11) is 0. The van der Waals surface area contributed by atoms with Crippen LogP contribution in [0.3, 0.4) is 0 Å². The second-order valence-electron chi connectivity index (χ2n) is 4.41. The highest BCUT2D eigenvalue weighted by molar-refractivity contribution is 7.98. The van der Waals surface area contributed by atoms with Gasteiger partial charge in [-0.1, -0.05) is 55.1 Å². The molecule has 0 radical (unpaired) electrons. The van der Waals surface area contributed by atoms with Crippen LogP contribution < -0.4 is 0 Å². The van der Waals surface area contributed by atoms with Gasteiger partial charge < -0.3 is 5.11 Å². The molecule has 0 aromatic heterocycles. The fourth-order valence-electron chi connectivity index (χ4n) is 2.45. The van der Waals surface area contributed by atoms with Gasteiger partial charge in [-0.25, -0.2) is 0 Å². The molecule has 2 aromatic rings. The first kappa shape index (κ1) is 11.6. The molecule has 0 bridgehead atoms. The fraction of sp³-hybridized carbons (Fsp3) is 0.125. The molecule has 1 N–H and O–H groups in total. The summed E-state index contributed by atoms with van der Waals surface area (Å²) in [5.41, 5.74) is 1.95. The van der Waals surface area contributed by atoms with Crippen molar-refractivity contribution in [3.05, 3.63) is 77.9 Å². The molecular weight excluding hydrogens is 240 g/mol. The molecule has 1 aliphatic heterocycles. The monoisotopic (exact) mass is 254 g/mol. The Labute approximate surface area is 111 Å². The van der Waals surface area contributed by atoms with Gasteiger partial charge in [-0.2, -0.15) is 0 Å². The Hall–Kier alpha value is -1.51. The van der Waals surface area contributed by atoms with Crippen molar-refractivity contribution in [2.24, 2.45) is 0 Å². The van der Waals surface area contributed by atoms with E-state index in [0.29, 0.717) is 0 Å². The highest BCUT2D eigenvalue weighted by atomic mass is 32.2. The number of aliphatic hydroxyl groups is 1. The highest BCUT2D eigenvalue weighted by Crippen LogP contribution is 2.43. The zero-order chi connectivity index (χ0) is 12.6. The van der Waals surface area contributed by atoms with E-state index in [-0.39, 0.29) is 0 Å². The lowest BCUT2D eigenvalue weighted by Gasteiger charge is -2.27. The Morgan fingerprint density at radius 3 is 2.50 bits per heavy atom. The molecule has 0 saturated carbocycles. The first-order valence-electron chi connectivity index (χ1n) is 5.92. The number of hydrogen-bond donors (Lipinski definition) is 1. The lowest BCUT2D eigenvalue weighted by atomic mass is 9.84. The minimum atomic E-state index is -1.09. The van der Waals surface area contributed by atoms with Gasteiger partial charge in [0.05, 0.1) is 0 Å². The van der Waals surface area contributed by atoms with Gasteiger partial charge in [-0.15, -0.1) is 11.8 Å². The Balaban J connectivity index is 2.32. The van der Waals surface area contributed by atoms with E-state index in [9.17, 15) is 5.11 Å². The third-order valence-electron chi connectivity index (χ3n) is 3.40. The van der Waals surface area contributed by atoms with Crippen LogP contribution in [0.1, 0.15) is 16.7 Å². The molecule has 1 nitrogen and oxygen atoms in total. The average Bonchev–Trinajstić information content (AvgIpc) is 2.56. The second-order valence-corrected chi connectivity index (χ2v) is 5.43. The van der Waals surface area contributed by atoms with E-state index in [1.165, 1.54) is 5.56 Å². The molecule has 1 heterocycles. The number of benzene rings is 2. The van der Waals surface area contributed by atoms with E-state index in [1.54, 1.807) is 17.8 Å². The van der Waals surface area contributed by atoms with Crippen molar-refractivity contribution in [1.29, 1.82) is 0 Å². The smallest absolute Gasteiger partial charge is 0.134 e. The van der Waals surface area contributed by atoms with E-state index in [4.69, 9.17) is 0 Å². The van der Waals surface area contributed by atoms with Crippen LogP contribution in [-0.4, -0.2) is 5.11 Å². The largest absolute Gasteiger partial charge is 0.377 e. The van der Waals surface area contributed by atoms with Crippen molar-refractivity contribution in [1.82, 2.24) is 0 Å². The summed E-state index contributed by atoms with van der Waals surface area (Å²) in [6.45, 7) is 3.84. The van der Waals surface area contributed by atoms with Crippen molar-refractivity contribution in [3.8, 4) is 0 Å². The molecule has 0 spiro atoms. The Morgan fingerprint density at radius 2 is 1.72 bits per heavy atom. The number of fused-ring (bicyclic) bond motifs is 2. The van der Waals surface area contributed by atoms with E-state index < -0.39 is 5.60 Å². The lowest BCUT2D eigenvalue weighted by molar-refractivity contribution is 0.131. The Bertz CT molecular complexity index is 556. The van der Waals surface area contributed by atoms with E-state index in [0.717, 1.165) is 21.8 Å². The second kappa shape index (κ2) is 4.30. The summed E-state index contributed by atoms with van der Waals surface area (Å²) in [6.07, 6.45) is 1.64. The van der Waals surface area contributed by atoms with Crippen molar-refractivity contribution < 1.29 is 5.11 Å². The van der Waals surface area contributed by atoms with Crippen LogP contribution in [0.2, 0.25) is 0 Å². The van der Waals surface area contributed by atoms with E-state index >= 15 is 0 Å². The van der Waals surface area contributed by atoms with Crippen molar-refractivity contribution >= 4 is 11.8 Å². The normalized spacial score (nSPS) is 21.6. The van der Waals surface area contributed by atoms with Crippen molar-refractivity contribution in [3.63, 3.8) is 0 Å². The topological polar surface area (TPSA) is 20.2 Å². The molecule has 0 amide bonds. The van der Waals surface area contributed by atoms with Crippen LogP contribution in [0, 0.1) is 0 Å². The minimum Gasteiger partial charge on any atom is -0.377 e. The summed E-state index contributed by atoms with van der Waals surface area (Å²) in [4.78, 5) is 1.12. The molecule has 1 aliphatic rings. The van der Waals surface area contributed by atoms with Gasteiger partial charge in [0.15, 0.2) is 0 Å². The quantitative estimate of drug-likeness (QED) is 0.783. The SMILES string of the molecule is C=CC1(O)c2ccccc2CSc2ccccc21. The Kier molecular flexibility index (Phi) is 2.77. The van der Waals surface area contributed by atoms with Gasteiger partial charge in [0, 0.05) is 16.2 Å². The zero-order valence-corrected chi connectivity index (χ0v) is 10.8. The minimum absolute atomic E-state index is 0.878. The van der Waals surface area contributed by atoms with Crippen LogP contribution in [0.25, 0.3) is 0 Å². The third kappa shape index (κ3) is 1.61. The molecule has 2 aromatic carbocycles.